The molecule has 7 heteroatoms. The van der Waals surface area contributed by atoms with Crippen molar-refractivity contribution in [3.63, 3.8) is 0 Å². The highest BCUT2D eigenvalue weighted by Gasteiger charge is 2.18. The summed E-state index contributed by atoms with van der Waals surface area (Å²) in [6.45, 7) is 5.24. The molecule has 0 bridgehead atoms. The number of carboxylic acids is 1. The molecule has 1 N–H and O–H groups in total. The molecular weight excluding hydrogens is 324 g/mol. The second-order valence-electron chi connectivity index (χ2n) is 5.29. The van der Waals surface area contributed by atoms with Crippen molar-refractivity contribution in [3.8, 4) is 11.5 Å². The summed E-state index contributed by atoms with van der Waals surface area (Å²) in [4.78, 5) is 31.7. The maximum Gasteiger partial charge on any atom is 0.364 e. The molecule has 2 aromatic rings. The van der Waals surface area contributed by atoms with Gasteiger partial charge < -0.3 is 14.6 Å². The van der Waals surface area contributed by atoms with Crippen LogP contribution < -0.4 is 9.47 Å². The number of hydrogen-bond acceptors (Lipinski definition) is 6. The van der Waals surface area contributed by atoms with Crippen LogP contribution in [-0.4, -0.2) is 34.1 Å². The first-order valence-corrected chi connectivity index (χ1v) is 7.45. The molecule has 130 valence electrons. The molecule has 1 aromatic carbocycles. The maximum absolute atomic E-state index is 12.4. The molecule has 25 heavy (non-hydrogen) atoms. The average molecular weight is 342 g/mol. The van der Waals surface area contributed by atoms with Gasteiger partial charge >= 0.3 is 11.9 Å². The fraction of sp³-hybridized carbons (Fsp3) is 0.222. The molecule has 0 unspecified atom stereocenters. The quantitative estimate of drug-likeness (QED) is 0.507. The summed E-state index contributed by atoms with van der Waals surface area (Å²) in [5.41, 5.74) is 2.35. The lowest BCUT2D eigenvalue weighted by atomic mass is 10.1. The third kappa shape index (κ3) is 4.41. The fourth-order valence-electron chi connectivity index (χ4n) is 2.09. The normalized spacial score (nSPS) is 10.7. The maximum atomic E-state index is 12.4. The van der Waals surface area contributed by atoms with Crippen LogP contribution in [0.3, 0.4) is 0 Å². The molecule has 1 heterocycles. The SMILES string of the molecule is COc1ccc(OC(=O)c2nc(C)c(C)nc2C)c(/C=C/C(=O)O)c1. The minimum absolute atomic E-state index is 0.118. The Morgan fingerprint density at radius 1 is 1.08 bits per heavy atom. The number of carboxylic acid groups (broad SMARTS) is 1. The zero-order chi connectivity index (χ0) is 18.6. The van der Waals surface area contributed by atoms with Gasteiger partial charge in [0.2, 0.25) is 0 Å². The van der Waals surface area contributed by atoms with Crippen molar-refractivity contribution in [2.24, 2.45) is 0 Å². The van der Waals surface area contributed by atoms with Gasteiger partial charge in [0.15, 0.2) is 5.69 Å². The van der Waals surface area contributed by atoms with E-state index < -0.39 is 11.9 Å². The van der Waals surface area contributed by atoms with Gasteiger partial charge in [-0.05, 0) is 45.0 Å². The first-order chi connectivity index (χ1) is 11.8. The van der Waals surface area contributed by atoms with Crippen molar-refractivity contribution < 1.29 is 24.2 Å². The number of aromatic nitrogens is 2. The lowest BCUT2D eigenvalue weighted by Crippen LogP contribution is -2.15. The highest BCUT2D eigenvalue weighted by atomic mass is 16.5. The molecule has 0 fully saturated rings. The van der Waals surface area contributed by atoms with Crippen molar-refractivity contribution in [1.82, 2.24) is 9.97 Å². The second-order valence-corrected chi connectivity index (χ2v) is 5.29. The number of aryl methyl sites for hydroxylation is 3. The van der Waals surface area contributed by atoms with E-state index in [1.807, 2.05) is 6.92 Å². The molecule has 0 aliphatic rings. The molecule has 0 atom stereocenters. The number of carbonyl (C=O) groups excluding carboxylic acids is 1. The number of aliphatic carboxylic acids is 1. The van der Waals surface area contributed by atoms with E-state index in [2.05, 4.69) is 9.97 Å². The monoisotopic (exact) mass is 342 g/mol. The van der Waals surface area contributed by atoms with Gasteiger partial charge in [0.25, 0.3) is 0 Å². The van der Waals surface area contributed by atoms with Crippen LogP contribution in [-0.2, 0) is 4.79 Å². The Balaban J connectivity index is 2.37. The molecular formula is C18H18N2O5. The van der Waals surface area contributed by atoms with E-state index in [-0.39, 0.29) is 11.4 Å². The smallest absolute Gasteiger partial charge is 0.364 e. The number of hydrogen-bond donors (Lipinski definition) is 1. The van der Waals surface area contributed by atoms with E-state index in [1.165, 1.54) is 19.3 Å². The predicted octanol–water partition coefficient (Wildman–Crippen LogP) is 2.73. The number of nitrogens with zero attached hydrogens (tertiary/aromatic N) is 2. The topological polar surface area (TPSA) is 98.6 Å². The molecule has 0 aliphatic heterocycles. The highest BCUT2D eigenvalue weighted by Crippen LogP contribution is 2.26. The summed E-state index contributed by atoms with van der Waals surface area (Å²) >= 11 is 0. The Morgan fingerprint density at radius 2 is 1.76 bits per heavy atom. The Kier molecular flexibility index (Phi) is 5.49. The van der Waals surface area contributed by atoms with Crippen LogP contribution in [0.5, 0.6) is 11.5 Å². The molecule has 2 rings (SSSR count). The van der Waals surface area contributed by atoms with E-state index in [0.717, 1.165) is 11.8 Å². The van der Waals surface area contributed by atoms with Crippen molar-refractivity contribution >= 4 is 18.0 Å². The number of rotatable bonds is 5. The second kappa shape index (κ2) is 7.57. The molecule has 0 saturated heterocycles. The molecule has 0 amide bonds. The van der Waals surface area contributed by atoms with Crippen LogP contribution in [0.4, 0.5) is 0 Å². The number of methoxy groups -OCH3 is 1. The molecule has 1 aromatic heterocycles. The lowest BCUT2D eigenvalue weighted by Gasteiger charge is -2.11. The van der Waals surface area contributed by atoms with Crippen LogP contribution in [0.25, 0.3) is 6.08 Å². The third-order valence-corrected chi connectivity index (χ3v) is 3.50. The molecule has 0 spiro atoms. The largest absolute Gasteiger partial charge is 0.497 e. The highest BCUT2D eigenvalue weighted by molar-refractivity contribution is 5.91. The Bertz CT molecular complexity index is 859. The van der Waals surface area contributed by atoms with Crippen LogP contribution in [0.15, 0.2) is 24.3 Å². The van der Waals surface area contributed by atoms with Gasteiger partial charge in [0.05, 0.1) is 24.2 Å². The van der Waals surface area contributed by atoms with Crippen molar-refractivity contribution in [2.75, 3.05) is 7.11 Å². The van der Waals surface area contributed by atoms with Gasteiger partial charge in [0.1, 0.15) is 11.5 Å². The first-order valence-electron chi connectivity index (χ1n) is 7.45. The van der Waals surface area contributed by atoms with Crippen LogP contribution in [0.1, 0.15) is 33.1 Å². The lowest BCUT2D eigenvalue weighted by molar-refractivity contribution is -0.131. The summed E-state index contributed by atoms with van der Waals surface area (Å²) < 4.78 is 10.5. The third-order valence-electron chi connectivity index (χ3n) is 3.50. The molecule has 0 saturated carbocycles. The van der Waals surface area contributed by atoms with Crippen LogP contribution in [0.2, 0.25) is 0 Å². The number of ether oxygens (including phenoxy) is 2. The Morgan fingerprint density at radius 3 is 2.40 bits per heavy atom. The van der Waals surface area contributed by atoms with Gasteiger partial charge in [-0.3, -0.25) is 4.98 Å². The number of esters is 1. The van der Waals surface area contributed by atoms with Gasteiger partial charge in [-0.25, -0.2) is 14.6 Å². The summed E-state index contributed by atoms with van der Waals surface area (Å²) in [6.07, 6.45) is 2.28. The van der Waals surface area contributed by atoms with Gasteiger partial charge in [0, 0.05) is 11.6 Å². The van der Waals surface area contributed by atoms with E-state index in [9.17, 15) is 9.59 Å². The van der Waals surface area contributed by atoms with Gasteiger partial charge in [-0.1, -0.05) is 0 Å². The fourth-order valence-corrected chi connectivity index (χ4v) is 2.09. The average Bonchev–Trinajstić information content (AvgIpc) is 2.56. The first kappa shape index (κ1) is 18.1. The van der Waals surface area contributed by atoms with Crippen molar-refractivity contribution in [3.05, 3.63) is 52.6 Å². The standard InChI is InChI=1S/C18H18N2O5/c1-10-11(2)20-17(12(3)19-10)18(23)25-15-7-6-14(24-4)9-13(15)5-8-16(21)22/h5-9H,1-4H3,(H,21,22)/b8-5+. The van der Waals surface area contributed by atoms with Crippen LogP contribution >= 0.6 is 0 Å². The van der Waals surface area contributed by atoms with Gasteiger partial charge in [-0.15, -0.1) is 0 Å². The zero-order valence-electron chi connectivity index (χ0n) is 14.4. The molecule has 0 radical (unpaired) electrons. The molecule has 0 aliphatic carbocycles. The van der Waals surface area contributed by atoms with Crippen LogP contribution in [0, 0.1) is 20.8 Å². The van der Waals surface area contributed by atoms with E-state index >= 15 is 0 Å². The zero-order valence-corrected chi connectivity index (χ0v) is 14.4. The van der Waals surface area contributed by atoms with Crippen molar-refractivity contribution in [1.29, 1.82) is 0 Å². The minimum Gasteiger partial charge on any atom is -0.497 e. The predicted molar refractivity (Wildman–Crippen MR) is 90.9 cm³/mol. The van der Waals surface area contributed by atoms with Crippen molar-refractivity contribution in [2.45, 2.75) is 20.8 Å². The Labute approximate surface area is 145 Å². The summed E-state index contributed by atoms with van der Waals surface area (Å²) in [5, 5.41) is 8.80. The van der Waals surface area contributed by atoms with E-state index in [1.54, 1.807) is 26.0 Å². The summed E-state index contributed by atoms with van der Waals surface area (Å²) in [5.74, 6) is -1.08. The number of benzene rings is 1. The van der Waals surface area contributed by atoms with Gasteiger partial charge in [-0.2, -0.15) is 0 Å². The summed E-state index contributed by atoms with van der Waals surface area (Å²) in [7, 11) is 1.49. The van der Waals surface area contributed by atoms with E-state index in [4.69, 9.17) is 14.6 Å². The molecule has 7 nitrogen and oxygen atoms in total. The minimum atomic E-state index is -1.11. The van der Waals surface area contributed by atoms with E-state index in [0.29, 0.717) is 22.7 Å². The summed E-state index contributed by atoms with van der Waals surface area (Å²) in [6, 6.07) is 4.71. The Hall–Kier alpha value is -3.22. The number of carbonyl (C=O) groups is 2.